The predicted molar refractivity (Wildman–Crippen MR) is 124 cm³/mol. The molecule has 3 heterocycles. The van der Waals surface area contributed by atoms with Gasteiger partial charge in [0.2, 0.25) is 11.8 Å². The maximum atomic E-state index is 13.2. The summed E-state index contributed by atoms with van der Waals surface area (Å²) in [5.41, 5.74) is 1.68. The first-order chi connectivity index (χ1) is 16.6. The highest BCUT2D eigenvalue weighted by atomic mass is 16.5. The molecule has 0 radical (unpaired) electrons. The fourth-order valence-electron chi connectivity index (χ4n) is 4.56. The number of carbonyl (C=O) groups is 2. The van der Waals surface area contributed by atoms with Gasteiger partial charge < -0.3 is 14.5 Å². The number of anilines is 1. The van der Waals surface area contributed by atoms with Crippen LogP contribution < -0.4 is 9.64 Å². The van der Waals surface area contributed by atoms with Crippen molar-refractivity contribution < 1.29 is 14.3 Å². The van der Waals surface area contributed by atoms with Gasteiger partial charge in [-0.2, -0.15) is 4.68 Å². The van der Waals surface area contributed by atoms with Gasteiger partial charge >= 0.3 is 0 Å². The quantitative estimate of drug-likeness (QED) is 0.547. The Balaban J connectivity index is 1.17. The normalized spacial score (nSPS) is 19.0. The van der Waals surface area contributed by atoms with Crippen molar-refractivity contribution in [2.45, 2.75) is 13.0 Å². The minimum atomic E-state index is -0.323. The van der Waals surface area contributed by atoms with Crippen LogP contribution in [0.25, 0.3) is 5.69 Å². The Morgan fingerprint density at radius 1 is 1.03 bits per heavy atom. The van der Waals surface area contributed by atoms with Crippen molar-refractivity contribution >= 4 is 17.5 Å². The van der Waals surface area contributed by atoms with Crippen molar-refractivity contribution in [3.05, 3.63) is 60.4 Å². The molecule has 0 N–H and O–H groups in total. The minimum absolute atomic E-state index is 0.0296. The van der Waals surface area contributed by atoms with E-state index in [1.54, 1.807) is 16.7 Å². The van der Waals surface area contributed by atoms with Crippen LogP contribution in [0.2, 0.25) is 0 Å². The molecule has 2 saturated heterocycles. The highest BCUT2D eigenvalue weighted by Crippen LogP contribution is 2.29. The van der Waals surface area contributed by atoms with Crippen LogP contribution in [-0.2, 0) is 16.1 Å². The van der Waals surface area contributed by atoms with Crippen molar-refractivity contribution in [1.82, 2.24) is 30.0 Å². The number of benzene rings is 2. The van der Waals surface area contributed by atoms with E-state index in [2.05, 4.69) is 20.4 Å². The smallest absolute Gasteiger partial charge is 0.228 e. The predicted octanol–water partition coefficient (Wildman–Crippen LogP) is 1.37. The van der Waals surface area contributed by atoms with E-state index in [0.29, 0.717) is 31.9 Å². The maximum absolute atomic E-state index is 13.2. The molecule has 0 spiro atoms. The second-order valence-electron chi connectivity index (χ2n) is 8.55. The van der Waals surface area contributed by atoms with E-state index in [9.17, 15) is 9.59 Å². The summed E-state index contributed by atoms with van der Waals surface area (Å²) in [6.07, 6.45) is 0.238. The summed E-state index contributed by atoms with van der Waals surface area (Å²) in [6, 6.07) is 17.2. The Labute approximate surface area is 197 Å². The van der Waals surface area contributed by atoms with E-state index in [0.717, 1.165) is 30.3 Å². The van der Waals surface area contributed by atoms with Crippen LogP contribution in [0.1, 0.15) is 12.2 Å². The van der Waals surface area contributed by atoms with Crippen LogP contribution >= 0.6 is 0 Å². The second-order valence-corrected chi connectivity index (χ2v) is 8.55. The Morgan fingerprint density at radius 2 is 1.79 bits per heavy atom. The lowest BCUT2D eigenvalue weighted by Crippen LogP contribution is -2.50. The van der Waals surface area contributed by atoms with Gasteiger partial charge in [0.15, 0.2) is 5.82 Å². The molecule has 176 valence electrons. The van der Waals surface area contributed by atoms with Gasteiger partial charge in [0.05, 0.1) is 25.3 Å². The summed E-state index contributed by atoms with van der Waals surface area (Å²) >= 11 is 0. The molecule has 0 aliphatic carbocycles. The molecule has 0 saturated carbocycles. The zero-order valence-corrected chi connectivity index (χ0v) is 19.1. The summed E-state index contributed by atoms with van der Waals surface area (Å²) in [6.45, 7) is 3.71. The van der Waals surface area contributed by atoms with E-state index >= 15 is 0 Å². The van der Waals surface area contributed by atoms with E-state index in [1.165, 1.54) is 0 Å². The Kier molecular flexibility index (Phi) is 6.22. The van der Waals surface area contributed by atoms with Crippen LogP contribution in [0.15, 0.2) is 54.6 Å². The van der Waals surface area contributed by atoms with Crippen LogP contribution in [0, 0.1) is 5.92 Å². The minimum Gasteiger partial charge on any atom is -0.497 e. The molecule has 0 bridgehead atoms. The number of nitrogens with zero attached hydrogens (tertiary/aromatic N) is 7. The molecule has 2 aromatic carbocycles. The molecular formula is C24H27N7O3. The molecule has 3 aromatic rings. The van der Waals surface area contributed by atoms with Crippen molar-refractivity contribution in [3.63, 3.8) is 0 Å². The van der Waals surface area contributed by atoms with Crippen LogP contribution in [0.3, 0.4) is 0 Å². The number of tetrazole rings is 1. The van der Waals surface area contributed by atoms with Crippen LogP contribution in [0.4, 0.5) is 5.69 Å². The number of hydrogen-bond acceptors (Lipinski definition) is 7. The lowest BCUT2D eigenvalue weighted by Gasteiger charge is -2.35. The van der Waals surface area contributed by atoms with Crippen molar-refractivity contribution in [1.29, 1.82) is 0 Å². The van der Waals surface area contributed by atoms with E-state index in [-0.39, 0.29) is 24.2 Å². The van der Waals surface area contributed by atoms with Gasteiger partial charge in [0.1, 0.15) is 5.75 Å². The molecule has 10 heteroatoms. The largest absolute Gasteiger partial charge is 0.497 e. The summed E-state index contributed by atoms with van der Waals surface area (Å²) in [5, 5.41) is 12.1. The third kappa shape index (κ3) is 4.49. The fraction of sp³-hybridized carbons (Fsp3) is 0.375. The Bertz CT molecular complexity index is 1160. The number of amides is 2. The average Bonchev–Trinajstić information content (AvgIpc) is 3.51. The summed E-state index contributed by atoms with van der Waals surface area (Å²) in [5.74, 6) is 1.15. The number of piperazine rings is 1. The van der Waals surface area contributed by atoms with E-state index < -0.39 is 0 Å². The zero-order chi connectivity index (χ0) is 23.5. The van der Waals surface area contributed by atoms with Crippen molar-refractivity contribution in [2.24, 2.45) is 5.92 Å². The number of aromatic nitrogens is 4. The standard InChI is InChI=1S/C24H27N7O3/c1-34-21-9-5-8-20(15-21)30-16-18(14-23(30)32)24(33)29-12-10-28(11-13-29)17-22-25-26-27-31(22)19-6-3-2-4-7-19/h2-9,15,18H,10-14,16-17H2,1H3. The summed E-state index contributed by atoms with van der Waals surface area (Å²) in [4.78, 5) is 31.6. The first kappa shape index (κ1) is 22.0. The van der Waals surface area contributed by atoms with Gasteiger partial charge in [-0.15, -0.1) is 5.10 Å². The van der Waals surface area contributed by atoms with E-state index in [1.807, 2.05) is 59.5 Å². The van der Waals surface area contributed by atoms with Gasteiger partial charge in [0.25, 0.3) is 0 Å². The number of ether oxygens (including phenoxy) is 1. The Morgan fingerprint density at radius 3 is 2.56 bits per heavy atom. The summed E-state index contributed by atoms with van der Waals surface area (Å²) < 4.78 is 7.01. The van der Waals surface area contributed by atoms with Gasteiger partial charge in [0, 0.05) is 50.9 Å². The van der Waals surface area contributed by atoms with Crippen LogP contribution in [0.5, 0.6) is 5.75 Å². The number of rotatable bonds is 6. The number of carbonyl (C=O) groups excluding carboxylic acids is 2. The first-order valence-electron chi connectivity index (χ1n) is 11.4. The molecule has 1 aromatic heterocycles. The highest BCUT2D eigenvalue weighted by Gasteiger charge is 2.38. The third-order valence-electron chi connectivity index (χ3n) is 6.42. The number of hydrogen-bond donors (Lipinski definition) is 0. The van der Waals surface area contributed by atoms with Crippen molar-refractivity contribution in [3.8, 4) is 11.4 Å². The molecule has 2 fully saturated rings. The molecule has 2 aliphatic rings. The average molecular weight is 462 g/mol. The molecular weight excluding hydrogens is 434 g/mol. The lowest BCUT2D eigenvalue weighted by molar-refractivity contribution is -0.137. The zero-order valence-electron chi connectivity index (χ0n) is 19.1. The molecule has 5 rings (SSSR count). The maximum Gasteiger partial charge on any atom is 0.228 e. The van der Waals surface area contributed by atoms with Gasteiger partial charge in [-0.05, 0) is 34.7 Å². The van der Waals surface area contributed by atoms with Gasteiger partial charge in [-0.1, -0.05) is 24.3 Å². The molecule has 34 heavy (non-hydrogen) atoms. The lowest BCUT2D eigenvalue weighted by atomic mass is 10.1. The number of methoxy groups -OCH3 is 1. The monoisotopic (exact) mass is 461 g/mol. The topological polar surface area (TPSA) is 96.7 Å². The highest BCUT2D eigenvalue weighted by molar-refractivity contribution is 6.00. The van der Waals surface area contributed by atoms with E-state index in [4.69, 9.17) is 4.74 Å². The second kappa shape index (κ2) is 9.60. The molecule has 2 aliphatic heterocycles. The molecule has 2 amide bonds. The van der Waals surface area contributed by atoms with Crippen LogP contribution in [-0.4, -0.2) is 81.7 Å². The molecule has 10 nitrogen and oxygen atoms in total. The SMILES string of the molecule is COc1cccc(N2CC(C(=O)N3CCN(Cc4nnnn4-c4ccccc4)CC3)CC2=O)c1. The third-order valence-corrected chi connectivity index (χ3v) is 6.42. The van der Waals surface area contributed by atoms with Crippen molar-refractivity contribution in [2.75, 3.05) is 44.7 Å². The molecule has 1 unspecified atom stereocenters. The molecule has 1 atom stereocenters. The fourth-order valence-corrected chi connectivity index (χ4v) is 4.56. The van der Waals surface area contributed by atoms with Gasteiger partial charge in [-0.25, -0.2) is 0 Å². The Hall–Kier alpha value is -3.79. The van der Waals surface area contributed by atoms with Gasteiger partial charge in [-0.3, -0.25) is 14.5 Å². The number of para-hydroxylation sites is 1. The first-order valence-corrected chi connectivity index (χ1v) is 11.4. The summed E-state index contributed by atoms with van der Waals surface area (Å²) in [7, 11) is 1.60.